The fourth-order valence-electron chi connectivity index (χ4n) is 3.91. The molecule has 0 spiro atoms. The highest BCUT2D eigenvalue weighted by molar-refractivity contribution is 5.91. The molecule has 0 aromatic carbocycles. The standard InChI is InChI=1S/C28H50N4O10/c1-3-4-5-6-7-8-9-10-11-12-13-14-24(34)31-19(2)25(35)32-21(15-16-23(30)33)28(40)42-22(27(38)39)18-41-17-20(29)26(36)37/h19-22H,3-18,29H2,1-2H3,(H2,30,33)(H,31,34)(H,32,35)(H,36,37)(H,38,39)/t19-,20+,21+,22-/m0/s1. The van der Waals surface area contributed by atoms with Gasteiger partial charge >= 0.3 is 17.9 Å². The summed E-state index contributed by atoms with van der Waals surface area (Å²) in [5.41, 5.74) is 10.4. The molecule has 0 saturated heterocycles. The zero-order chi connectivity index (χ0) is 31.9. The number of esters is 1. The van der Waals surface area contributed by atoms with E-state index in [0.717, 1.165) is 19.3 Å². The Kier molecular flexibility index (Phi) is 21.5. The minimum atomic E-state index is -1.84. The van der Waals surface area contributed by atoms with Crippen molar-refractivity contribution in [1.29, 1.82) is 0 Å². The van der Waals surface area contributed by atoms with Gasteiger partial charge in [0.05, 0.1) is 13.2 Å². The molecule has 0 aliphatic heterocycles. The van der Waals surface area contributed by atoms with E-state index < -0.39 is 67.2 Å². The normalized spacial score (nSPS) is 13.8. The number of hydrogen-bond acceptors (Lipinski definition) is 9. The Morgan fingerprint density at radius 3 is 1.81 bits per heavy atom. The van der Waals surface area contributed by atoms with E-state index in [-0.39, 0.29) is 25.2 Å². The molecule has 0 aromatic heterocycles. The van der Waals surface area contributed by atoms with Crippen LogP contribution in [0.25, 0.3) is 0 Å². The molecule has 0 heterocycles. The Bertz CT molecular complexity index is 855. The molecule has 0 aliphatic rings. The van der Waals surface area contributed by atoms with Crippen molar-refractivity contribution in [2.45, 2.75) is 128 Å². The van der Waals surface area contributed by atoms with Crippen LogP contribution in [0.15, 0.2) is 0 Å². The number of carbonyl (C=O) groups excluding carboxylic acids is 4. The first-order chi connectivity index (χ1) is 19.9. The number of hydrogen-bond donors (Lipinski definition) is 6. The van der Waals surface area contributed by atoms with Gasteiger partial charge in [0.25, 0.3) is 0 Å². The van der Waals surface area contributed by atoms with E-state index in [9.17, 15) is 33.9 Å². The molecule has 14 heteroatoms. The molecule has 14 nitrogen and oxygen atoms in total. The summed E-state index contributed by atoms with van der Waals surface area (Å²) in [7, 11) is 0. The highest BCUT2D eigenvalue weighted by atomic mass is 16.6. The fraction of sp³-hybridized carbons (Fsp3) is 0.786. The molecule has 42 heavy (non-hydrogen) atoms. The number of rotatable bonds is 26. The minimum absolute atomic E-state index is 0.244. The summed E-state index contributed by atoms with van der Waals surface area (Å²) in [6.07, 6.45) is 10.4. The molecule has 242 valence electrons. The average Bonchev–Trinajstić information content (AvgIpc) is 2.92. The third-order valence-electron chi connectivity index (χ3n) is 6.48. The summed E-state index contributed by atoms with van der Waals surface area (Å²) >= 11 is 0. The summed E-state index contributed by atoms with van der Waals surface area (Å²) in [6.45, 7) is 2.38. The second kappa shape index (κ2) is 23.3. The average molecular weight is 603 g/mol. The molecular weight excluding hydrogens is 552 g/mol. The third-order valence-corrected chi connectivity index (χ3v) is 6.48. The molecular formula is C28H50N4O10. The van der Waals surface area contributed by atoms with Crippen molar-refractivity contribution in [3.63, 3.8) is 0 Å². The SMILES string of the molecule is CCCCCCCCCCCCCC(=O)N[C@@H](C)C(=O)N[C@H](CCC(N)=O)C(=O)O[C@@H](COC[C@@H](N)C(=O)O)C(=O)O. The summed E-state index contributed by atoms with van der Waals surface area (Å²) in [5.74, 6) is -5.97. The number of unbranched alkanes of at least 4 members (excludes halogenated alkanes) is 10. The summed E-state index contributed by atoms with van der Waals surface area (Å²) < 4.78 is 9.86. The second-order valence-corrected chi connectivity index (χ2v) is 10.4. The van der Waals surface area contributed by atoms with Gasteiger partial charge in [0, 0.05) is 12.8 Å². The Hall–Kier alpha value is -3.26. The summed E-state index contributed by atoms with van der Waals surface area (Å²) in [5, 5.41) is 23.0. The van der Waals surface area contributed by atoms with Crippen LogP contribution in [0.5, 0.6) is 0 Å². The van der Waals surface area contributed by atoms with Crippen LogP contribution < -0.4 is 22.1 Å². The Labute approximate surface area is 247 Å². The number of ether oxygens (including phenoxy) is 2. The molecule has 3 amide bonds. The zero-order valence-corrected chi connectivity index (χ0v) is 24.9. The lowest BCUT2D eigenvalue weighted by Crippen LogP contribution is -2.51. The highest BCUT2D eigenvalue weighted by Crippen LogP contribution is 2.12. The molecule has 0 aromatic rings. The number of carbonyl (C=O) groups is 6. The number of primary amides is 1. The lowest BCUT2D eigenvalue weighted by atomic mass is 10.1. The molecule has 0 rings (SSSR count). The van der Waals surface area contributed by atoms with Crippen molar-refractivity contribution in [2.24, 2.45) is 11.5 Å². The first-order valence-corrected chi connectivity index (χ1v) is 14.8. The first-order valence-electron chi connectivity index (χ1n) is 14.8. The van der Waals surface area contributed by atoms with Crippen molar-refractivity contribution in [3.8, 4) is 0 Å². The topological polar surface area (TPSA) is 237 Å². The van der Waals surface area contributed by atoms with E-state index in [1.807, 2.05) is 0 Å². The number of nitrogens with two attached hydrogens (primary N) is 2. The molecule has 0 aliphatic carbocycles. The molecule has 0 radical (unpaired) electrons. The lowest BCUT2D eigenvalue weighted by molar-refractivity contribution is -0.170. The van der Waals surface area contributed by atoms with Crippen LogP contribution in [0.2, 0.25) is 0 Å². The van der Waals surface area contributed by atoms with Crippen molar-refractivity contribution in [1.82, 2.24) is 10.6 Å². The number of aliphatic carboxylic acids is 2. The number of amides is 3. The van der Waals surface area contributed by atoms with Gasteiger partial charge in [-0.05, 0) is 19.8 Å². The van der Waals surface area contributed by atoms with Crippen LogP contribution >= 0.6 is 0 Å². The van der Waals surface area contributed by atoms with Crippen molar-refractivity contribution >= 4 is 35.6 Å². The van der Waals surface area contributed by atoms with Crippen LogP contribution in [0.1, 0.15) is 104 Å². The first kappa shape index (κ1) is 38.7. The highest BCUT2D eigenvalue weighted by Gasteiger charge is 2.31. The molecule has 0 fully saturated rings. The monoisotopic (exact) mass is 602 g/mol. The second-order valence-electron chi connectivity index (χ2n) is 10.4. The van der Waals surface area contributed by atoms with E-state index >= 15 is 0 Å². The van der Waals surface area contributed by atoms with Gasteiger partial charge in [-0.2, -0.15) is 0 Å². The fourth-order valence-corrected chi connectivity index (χ4v) is 3.91. The van der Waals surface area contributed by atoms with E-state index in [4.69, 9.17) is 26.0 Å². The van der Waals surface area contributed by atoms with E-state index in [1.54, 1.807) is 0 Å². The van der Waals surface area contributed by atoms with E-state index in [0.29, 0.717) is 6.42 Å². The predicted molar refractivity (Wildman–Crippen MR) is 153 cm³/mol. The van der Waals surface area contributed by atoms with Gasteiger partial charge in [-0.1, -0.05) is 71.1 Å². The maximum Gasteiger partial charge on any atom is 0.347 e. The predicted octanol–water partition coefficient (Wildman–Crippen LogP) is 1.37. The van der Waals surface area contributed by atoms with Gasteiger partial charge in [0.1, 0.15) is 18.1 Å². The largest absolute Gasteiger partial charge is 0.480 e. The Morgan fingerprint density at radius 1 is 0.762 bits per heavy atom. The van der Waals surface area contributed by atoms with Gasteiger partial charge < -0.3 is 41.8 Å². The molecule has 0 unspecified atom stereocenters. The van der Waals surface area contributed by atoms with Gasteiger partial charge in [-0.3, -0.25) is 19.2 Å². The molecule has 0 saturated carbocycles. The van der Waals surface area contributed by atoms with E-state index in [1.165, 1.54) is 51.9 Å². The molecule has 4 atom stereocenters. The number of nitrogens with one attached hydrogen (secondary N) is 2. The lowest BCUT2D eigenvalue weighted by Gasteiger charge is -2.22. The van der Waals surface area contributed by atoms with Crippen molar-refractivity contribution in [3.05, 3.63) is 0 Å². The maximum absolute atomic E-state index is 12.7. The van der Waals surface area contributed by atoms with Crippen LogP contribution in [-0.2, 0) is 38.2 Å². The van der Waals surface area contributed by atoms with Crippen LogP contribution in [0, 0.1) is 0 Å². The maximum atomic E-state index is 12.7. The number of carboxylic acids is 2. The van der Waals surface area contributed by atoms with Crippen molar-refractivity contribution in [2.75, 3.05) is 13.2 Å². The van der Waals surface area contributed by atoms with Gasteiger partial charge in [-0.15, -0.1) is 0 Å². The Morgan fingerprint density at radius 2 is 1.31 bits per heavy atom. The van der Waals surface area contributed by atoms with Crippen molar-refractivity contribution < 1.29 is 48.5 Å². The Balaban J connectivity index is 4.66. The smallest absolute Gasteiger partial charge is 0.347 e. The third kappa shape index (κ3) is 19.8. The zero-order valence-electron chi connectivity index (χ0n) is 24.9. The van der Waals surface area contributed by atoms with Gasteiger partial charge in [0.15, 0.2) is 0 Å². The van der Waals surface area contributed by atoms with Crippen LogP contribution in [0.3, 0.4) is 0 Å². The summed E-state index contributed by atoms with van der Waals surface area (Å²) in [6, 6.07) is -3.88. The number of carboxylic acid groups (broad SMARTS) is 2. The minimum Gasteiger partial charge on any atom is -0.480 e. The quantitative estimate of drug-likeness (QED) is 0.0610. The van der Waals surface area contributed by atoms with Gasteiger partial charge in [0.2, 0.25) is 23.8 Å². The van der Waals surface area contributed by atoms with E-state index in [2.05, 4.69) is 17.6 Å². The van der Waals surface area contributed by atoms with Crippen LogP contribution in [0.4, 0.5) is 0 Å². The van der Waals surface area contributed by atoms with Gasteiger partial charge in [-0.25, -0.2) is 9.59 Å². The summed E-state index contributed by atoms with van der Waals surface area (Å²) in [4.78, 5) is 71.1. The van der Waals surface area contributed by atoms with Crippen LogP contribution in [-0.4, -0.2) is 83.3 Å². The molecule has 0 bridgehead atoms. The molecule has 8 N–H and O–H groups in total.